The van der Waals surface area contributed by atoms with E-state index in [4.69, 9.17) is 4.74 Å². The lowest BCUT2D eigenvalue weighted by atomic mass is 10.0. The van der Waals surface area contributed by atoms with Crippen LogP contribution < -0.4 is 10.1 Å². The van der Waals surface area contributed by atoms with Gasteiger partial charge in [-0.05, 0) is 31.5 Å². The highest BCUT2D eigenvalue weighted by molar-refractivity contribution is 5.72. The number of rotatable bonds is 6. The molecule has 0 aliphatic heterocycles. The van der Waals surface area contributed by atoms with Crippen molar-refractivity contribution in [2.45, 2.75) is 39.2 Å². The van der Waals surface area contributed by atoms with Crippen molar-refractivity contribution in [3.63, 3.8) is 0 Å². The van der Waals surface area contributed by atoms with E-state index in [2.05, 4.69) is 17.2 Å². The molecule has 4 heteroatoms. The molecule has 0 saturated carbocycles. The summed E-state index contributed by atoms with van der Waals surface area (Å²) in [6.45, 7) is 6.08. The van der Waals surface area contributed by atoms with E-state index in [1.165, 1.54) is 6.92 Å². The molecular formula is C17H23NO3. The van der Waals surface area contributed by atoms with Crippen molar-refractivity contribution in [1.29, 1.82) is 0 Å². The summed E-state index contributed by atoms with van der Waals surface area (Å²) in [6, 6.07) is 7.38. The second kappa shape index (κ2) is 8.33. The van der Waals surface area contributed by atoms with Crippen LogP contribution >= 0.6 is 0 Å². The summed E-state index contributed by atoms with van der Waals surface area (Å²) in [6.07, 6.45) is 1.53. The van der Waals surface area contributed by atoms with E-state index in [1.807, 2.05) is 31.2 Å². The van der Waals surface area contributed by atoms with E-state index in [1.54, 1.807) is 6.92 Å². The summed E-state index contributed by atoms with van der Waals surface area (Å²) >= 11 is 0. The summed E-state index contributed by atoms with van der Waals surface area (Å²) in [7, 11) is 0. The summed E-state index contributed by atoms with van der Waals surface area (Å²) in [4.78, 5) is 10.7. The highest BCUT2D eigenvalue weighted by atomic mass is 16.5. The van der Waals surface area contributed by atoms with Gasteiger partial charge in [-0.3, -0.25) is 4.79 Å². The Morgan fingerprint density at radius 3 is 2.90 bits per heavy atom. The van der Waals surface area contributed by atoms with Crippen molar-refractivity contribution in [2.24, 2.45) is 0 Å². The monoisotopic (exact) mass is 289 g/mol. The molecule has 0 spiro atoms. The highest BCUT2D eigenvalue weighted by Crippen LogP contribution is 2.14. The number of carbonyl (C=O) groups is 1. The summed E-state index contributed by atoms with van der Waals surface area (Å²) in [5.41, 5.74) is -0.166. The van der Waals surface area contributed by atoms with Crippen LogP contribution in [0.15, 0.2) is 24.3 Å². The summed E-state index contributed by atoms with van der Waals surface area (Å²) in [5.74, 6) is 6.47. The number of nitrogens with one attached hydrogen (secondary N) is 1. The van der Waals surface area contributed by atoms with Gasteiger partial charge in [-0.15, -0.1) is 0 Å². The Labute approximate surface area is 126 Å². The fourth-order valence-corrected chi connectivity index (χ4v) is 1.82. The molecule has 4 nitrogen and oxygen atoms in total. The van der Waals surface area contributed by atoms with Crippen LogP contribution in [0.2, 0.25) is 0 Å². The predicted octanol–water partition coefficient (Wildman–Crippen LogP) is 2.10. The quantitative estimate of drug-likeness (QED) is 0.623. The van der Waals surface area contributed by atoms with E-state index in [-0.39, 0.29) is 5.91 Å². The van der Waals surface area contributed by atoms with E-state index >= 15 is 0 Å². The summed E-state index contributed by atoms with van der Waals surface area (Å²) in [5, 5.41) is 12.7. The Hall–Kier alpha value is -1.99. The Morgan fingerprint density at radius 2 is 2.24 bits per heavy atom. The third-order valence-corrected chi connectivity index (χ3v) is 2.79. The molecule has 114 valence electrons. The van der Waals surface area contributed by atoms with Gasteiger partial charge in [-0.25, -0.2) is 0 Å². The van der Waals surface area contributed by atoms with Crippen LogP contribution in [0.25, 0.3) is 0 Å². The van der Waals surface area contributed by atoms with E-state index in [0.717, 1.165) is 12.0 Å². The van der Waals surface area contributed by atoms with Crippen LogP contribution in [0.1, 0.15) is 39.2 Å². The smallest absolute Gasteiger partial charge is 0.216 e. The predicted molar refractivity (Wildman–Crippen MR) is 83.0 cm³/mol. The van der Waals surface area contributed by atoms with Crippen molar-refractivity contribution in [3.05, 3.63) is 29.8 Å². The second-order valence-electron chi connectivity index (χ2n) is 5.13. The normalized spacial score (nSPS) is 12.8. The molecule has 1 rings (SSSR count). The molecule has 0 saturated heterocycles. The van der Waals surface area contributed by atoms with Crippen molar-refractivity contribution >= 4 is 5.91 Å². The number of hydrogen-bond acceptors (Lipinski definition) is 3. The number of carbonyl (C=O) groups excluding carboxylic acids is 1. The van der Waals surface area contributed by atoms with Gasteiger partial charge in [0.2, 0.25) is 5.91 Å². The highest BCUT2D eigenvalue weighted by Gasteiger charge is 2.14. The van der Waals surface area contributed by atoms with E-state index < -0.39 is 5.60 Å². The Balaban J connectivity index is 2.60. The largest absolute Gasteiger partial charge is 0.492 e. The third-order valence-electron chi connectivity index (χ3n) is 2.79. The Bertz CT molecular complexity index is 526. The lowest BCUT2D eigenvalue weighted by Gasteiger charge is -2.14. The van der Waals surface area contributed by atoms with Crippen LogP contribution in [0.5, 0.6) is 5.75 Å². The van der Waals surface area contributed by atoms with Crippen molar-refractivity contribution < 1.29 is 14.6 Å². The molecule has 0 aliphatic rings. The maximum absolute atomic E-state index is 10.7. The average Bonchev–Trinajstić information content (AvgIpc) is 2.42. The SMILES string of the molecule is CCCC(C)(O)C#Cc1cccc(OCCNC(C)=O)c1. The lowest BCUT2D eigenvalue weighted by Crippen LogP contribution is -2.25. The minimum atomic E-state index is -0.961. The minimum absolute atomic E-state index is 0.0728. The fraction of sp³-hybridized carbons (Fsp3) is 0.471. The zero-order chi connectivity index (χ0) is 15.7. The molecule has 1 aromatic rings. The maximum atomic E-state index is 10.7. The van der Waals surface area contributed by atoms with Gasteiger partial charge in [-0.1, -0.05) is 31.3 Å². The topological polar surface area (TPSA) is 58.6 Å². The second-order valence-corrected chi connectivity index (χ2v) is 5.13. The first-order valence-electron chi connectivity index (χ1n) is 7.16. The standard InChI is InChI=1S/C17H23NO3/c1-4-9-17(3,20)10-8-15-6-5-7-16(13-15)21-12-11-18-14(2)19/h5-7,13,20H,4,9,11-12H2,1-3H3,(H,18,19). The fourth-order valence-electron chi connectivity index (χ4n) is 1.82. The van der Waals surface area contributed by atoms with Crippen molar-refractivity contribution in [1.82, 2.24) is 5.32 Å². The van der Waals surface area contributed by atoms with Crippen LogP contribution in [-0.2, 0) is 4.79 Å². The Morgan fingerprint density at radius 1 is 1.48 bits per heavy atom. The molecule has 2 N–H and O–H groups in total. The van der Waals surface area contributed by atoms with Gasteiger partial charge in [0.05, 0.1) is 6.54 Å². The van der Waals surface area contributed by atoms with Gasteiger partial charge in [0, 0.05) is 12.5 Å². The molecule has 0 fully saturated rings. The number of amides is 1. The van der Waals surface area contributed by atoms with Gasteiger partial charge in [0.15, 0.2) is 0 Å². The molecular weight excluding hydrogens is 266 g/mol. The van der Waals surface area contributed by atoms with E-state index in [0.29, 0.717) is 25.3 Å². The zero-order valence-corrected chi connectivity index (χ0v) is 12.9. The molecule has 1 aromatic carbocycles. The molecule has 1 unspecified atom stereocenters. The summed E-state index contributed by atoms with van der Waals surface area (Å²) < 4.78 is 5.53. The first-order chi connectivity index (χ1) is 9.93. The van der Waals surface area contributed by atoms with Crippen LogP contribution in [0.3, 0.4) is 0 Å². The average molecular weight is 289 g/mol. The number of hydrogen-bond donors (Lipinski definition) is 2. The molecule has 0 radical (unpaired) electrons. The molecule has 1 atom stereocenters. The minimum Gasteiger partial charge on any atom is -0.492 e. The zero-order valence-electron chi connectivity index (χ0n) is 12.9. The van der Waals surface area contributed by atoms with Crippen molar-refractivity contribution in [3.8, 4) is 17.6 Å². The lowest BCUT2D eigenvalue weighted by molar-refractivity contribution is -0.119. The van der Waals surface area contributed by atoms with Gasteiger partial charge >= 0.3 is 0 Å². The molecule has 0 aliphatic carbocycles. The third kappa shape index (κ3) is 7.38. The first kappa shape index (κ1) is 17.1. The molecule has 0 bridgehead atoms. The van der Waals surface area contributed by atoms with Crippen LogP contribution in [-0.4, -0.2) is 29.8 Å². The number of benzene rings is 1. The van der Waals surface area contributed by atoms with Gasteiger partial charge in [-0.2, -0.15) is 0 Å². The van der Waals surface area contributed by atoms with Crippen LogP contribution in [0.4, 0.5) is 0 Å². The van der Waals surface area contributed by atoms with Gasteiger partial charge < -0.3 is 15.2 Å². The molecule has 0 aromatic heterocycles. The first-order valence-corrected chi connectivity index (χ1v) is 7.16. The maximum Gasteiger partial charge on any atom is 0.216 e. The molecule has 1 amide bonds. The molecule has 21 heavy (non-hydrogen) atoms. The number of aliphatic hydroxyl groups is 1. The van der Waals surface area contributed by atoms with Crippen LogP contribution in [0, 0.1) is 11.8 Å². The molecule has 0 heterocycles. The Kier molecular flexibility index (Phi) is 6.77. The van der Waals surface area contributed by atoms with Crippen molar-refractivity contribution in [2.75, 3.05) is 13.2 Å². The van der Waals surface area contributed by atoms with E-state index in [9.17, 15) is 9.90 Å². The van der Waals surface area contributed by atoms with Gasteiger partial charge in [0.1, 0.15) is 18.0 Å². The van der Waals surface area contributed by atoms with Gasteiger partial charge in [0.25, 0.3) is 0 Å². The number of ether oxygens (including phenoxy) is 1.